The van der Waals surface area contributed by atoms with Gasteiger partial charge in [-0.25, -0.2) is 0 Å². The van der Waals surface area contributed by atoms with Crippen LogP contribution in [0.2, 0.25) is 0 Å². The van der Waals surface area contributed by atoms with Crippen LogP contribution in [-0.4, -0.2) is 110 Å². The van der Waals surface area contributed by atoms with Crippen molar-refractivity contribution >= 4 is 54.1 Å². The molecule has 0 aromatic heterocycles. The molecule has 230 valence electrons. The van der Waals surface area contributed by atoms with Crippen LogP contribution >= 0.6 is 0 Å². The second-order valence-corrected chi connectivity index (χ2v) is 6.47. The van der Waals surface area contributed by atoms with Gasteiger partial charge in [-0.3, -0.25) is 39.9 Å². The van der Waals surface area contributed by atoms with Gasteiger partial charge in [0.2, 0.25) is 0 Å². The van der Waals surface area contributed by atoms with Gasteiger partial charge in [0.05, 0.1) is 45.7 Å². The predicted octanol–water partition coefficient (Wildman–Crippen LogP) is 4.02. The first-order valence-corrected chi connectivity index (χ1v) is 10.4. The third-order valence-electron chi connectivity index (χ3n) is 4.78. The maximum absolute atomic E-state index is 3.95. The second-order valence-electron chi connectivity index (χ2n) is 6.47. The molecule has 0 amide bonds. The molecule has 0 aromatic rings. The van der Waals surface area contributed by atoms with Gasteiger partial charge in [-0.1, -0.05) is 0 Å². The summed E-state index contributed by atoms with van der Waals surface area (Å²) in [5.41, 5.74) is 8.06. The van der Waals surface area contributed by atoms with Crippen LogP contribution in [0.4, 0.5) is 0 Å². The maximum atomic E-state index is 3.95. The van der Waals surface area contributed by atoms with E-state index in [0.29, 0.717) is 0 Å². The Kier molecular flexibility index (Phi) is 89.1. The molecule has 0 spiro atoms. The van der Waals surface area contributed by atoms with Crippen molar-refractivity contribution in [1.29, 1.82) is 0 Å². The van der Waals surface area contributed by atoms with E-state index in [1.165, 1.54) is 0 Å². The average Bonchev–Trinajstić information content (AvgIpc) is 2.85. The van der Waals surface area contributed by atoms with Crippen molar-refractivity contribution in [3.63, 3.8) is 0 Å². The van der Waals surface area contributed by atoms with Crippen LogP contribution in [-0.2, 0) is 16.5 Å². The molecule has 8 nitrogen and oxygen atoms in total. The summed E-state index contributed by atoms with van der Waals surface area (Å²) in [6.07, 6.45) is 0. The average molecular weight is 679 g/mol. The van der Waals surface area contributed by atoms with Gasteiger partial charge in [0.1, 0.15) is 0 Å². The minimum absolute atomic E-state index is 0. The SMILES string of the molecule is CN=C(C)C(C)=NC.CN=C(C)C(C)=NC.CN=C(C)C(C)=NC.CN=C(C)C(C)=NC.[Ar].[Ar].[Ar].[Ar].[B].[NiH]. The van der Waals surface area contributed by atoms with Gasteiger partial charge < -0.3 is 0 Å². The molecule has 0 bridgehead atoms. The van der Waals surface area contributed by atoms with Crippen molar-refractivity contribution in [1.82, 2.24) is 0 Å². The molecule has 0 aliphatic carbocycles. The summed E-state index contributed by atoms with van der Waals surface area (Å²) in [6, 6.07) is 0. The molecule has 0 heterocycles. The van der Waals surface area contributed by atoms with Crippen molar-refractivity contribution in [2.75, 3.05) is 56.4 Å². The predicted molar refractivity (Wildman–Crippen MR) is 159 cm³/mol. The Labute approximate surface area is 366 Å². The van der Waals surface area contributed by atoms with Gasteiger partial charge in [-0.15, -0.1) is 0 Å². The van der Waals surface area contributed by atoms with E-state index in [0.717, 1.165) is 45.7 Å². The van der Waals surface area contributed by atoms with Crippen LogP contribution in [0.15, 0.2) is 39.9 Å². The normalized spacial score (nSPS) is 12.2. The fraction of sp³-hybridized carbons (Fsp3) is 0.667. The first kappa shape index (κ1) is 68.2. The minimum atomic E-state index is 0. The number of hydrogen-bond acceptors (Lipinski definition) is 8. The zero-order valence-corrected chi connectivity index (χ0v) is 29.8. The van der Waals surface area contributed by atoms with Crippen molar-refractivity contribution < 1.29 is 167 Å². The molecule has 0 fully saturated rings. The summed E-state index contributed by atoms with van der Waals surface area (Å²) in [6.45, 7) is 15.6. The molecular weight excluding hydrogens is 630 g/mol. The summed E-state index contributed by atoms with van der Waals surface area (Å²) in [5, 5.41) is 0. The Morgan fingerprint density at radius 2 is 0.316 bits per heavy atom. The Bertz CT molecular complexity index is 585. The summed E-state index contributed by atoms with van der Waals surface area (Å²) in [5.74, 6) is 0. The van der Waals surface area contributed by atoms with Crippen molar-refractivity contribution in [3.05, 3.63) is 0 Å². The molecule has 0 saturated carbocycles. The standard InChI is InChI=1S/4C6H12N2.4Ar.B.Ni.H/c4*1-5(7-3)6(2)8-4;;;;;;;/h4*1-4H3;;;;;;;. The summed E-state index contributed by atoms with van der Waals surface area (Å²) in [7, 11) is 14.1. The molecule has 0 unspecified atom stereocenters. The van der Waals surface area contributed by atoms with E-state index in [1.807, 2.05) is 55.4 Å². The molecule has 0 aliphatic rings. The zero-order chi connectivity index (χ0) is 26.3. The number of rotatable bonds is 4. The van der Waals surface area contributed by atoms with E-state index in [4.69, 9.17) is 0 Å². The molecule has 0 atom stereocenters. The van der Waals surface area contributed by atoms with Crippen LogP contribution in [0.25, 0.3) is 0 Å². The van der Waals surface area contributed by atoms with Crippen molar-refractivity contribution in [3.8, 4) is 0 Å². The molecule has 0 aliphatic heterocycles. The molecule has 0 aromatic carbocycles. The molecule has 0 saturated heterocycles. The number of nitrogens with zero attached hydrogens (tertiary/aromatic N) is 8. The second kappa shape index (κ2) is 49.6. The molecular formula is C24H49Ar4BN8Ni. The Hall–Kier alpha value is 2.96. The van der Waals surface area contributed by atoms with Crippen molar-refractivity contribution in [2.45, 2.75) is 55.4 Å². The fourth-order valence-electron chi connectivity index (χ4n) is 1.29. The summed E-state index contributed by atoms with van der Waals surface area (Å²) >= 11 is 0. The van der Waals surface area contributed by atoms with E-state index in [-0.39, 0.29) is 176 Å². The Morgan fingerprint density at radius 3 is 0.342 bits per heavy atom. The van der Waals surface area contributed by atoms with Crippen LogP contribution in [0.3, 0.4) is 0 Å². The van der Waals surface area contributed by atoms with E-state index >= 15 is 0 Å². The third-order valence-corrected chi connectivity index (χ3v) is 4.78. The molecule has 0 rings (SSSR count). The first-order valence-electron chi connectivity index (χ1n) is 10.4. The topological polar surface area (TPSA) is 98.9 Å². The van der Waals surface area contributed by atoms with Gasteiger partial charge in [0.25, 0.3) is 0 Å². The Balaban J connectivity index is -0.0000000327. The quantitative estimate of drug-likeness (QED) is 0.317. The van der Waals surface area contributed by atoms with Crippen LogP contribution in [0.5, 0.6) is 0 Å². The van der Waals surface area contributed by atoms with E-state index < -0.39 is 0 Å². The van der Waals surface area contributed by atoms with E-state index in [1.54, 1.807) is 56.4 Å². The molecule has 3 radical (unpaired) electrons. The van der Waals surface area contributed by atoms with Crippen molar-refractivity contribution in [2.24, 2.45) is 39.9 Å². The summed E-state index contributed by atoms with van der Waals surface area (Å²) < 4.78 is 0. The van der Waals surface area contributed by atoms with Gasteiger partial charge in [-0.05, 0) is 55.4 Å². The molecule has 14 heteroatoms. The number of hydrogen-bond donors (Lipinski definition) is 0. The van der Waals surface area contributed by atoms with Gasteiger partial charge in [-0.2, -0.15) is 0 Å². The van der Waals surface area contributed by atoms with Gasteiger partial charge >= 0.3 is 16.5 Å². The van der Waals surface area contributed by atoms with Crippen LogP contribution in [0, 0.1) is 151 Å². The van der Waals surface area contributed by atoms with E-state index in [9.17, 15) is 0 Å². The first-order chi connectivity index (χ1) is 14.9. The number of aliphatic imine (C=N–C) groups is 8. The molecule has 38 heavy (non-hydrogen) atoms. The summed E-state index contributed by atoms with van der Waals surface area (Å²) in [4.78, 5) is 31.6. The zero-order valence-electron chi connectivity index (χ0n) is 25.9. The van der Waals surface area contributed by atoms with E-state index in [2.05, 4.69) is 39.9 Å². The van der Waals surface area contributed by atoms with Gasteiger partial charge in [0.15, 0.2) is 0 Å². The molecule has 0 N–H and O–H groups in total. The van der Waals surface area contributed by atoms with Crippen LogP contribution < -0.4 is 0 Å². The fourth-order valence-corrected chi connectivity index (χ4v) is 1.29. The van der Waals surface area contributed by atoms with Gasteiger partial charge in [0, 0.05) is 216 Å². The Morgan fingerprint density at radius 1 is 0.263 bits per heavy atom. The van der Waals surface area contributed by atoms with Crippen LogP contribution in [0.1, 0.15) is 55.4 Å². The monoisotopic (exact) mass is 678 g/mol. The third kappa shape index (κ3) is 45.9.